The van der Waals surface area contributed by atoms with Crippen LogP contribution in [-0.2, 0) is 0 Å². The van der Waals surface area contributed by atoms with E-state index in [0.717, 1.165) is 36.6 Å². The number of anilines is 1. The summed E-state index contributed by atoms with van der Waals surface area (Å²) < 4.78 is 1.16. The van der Waals surface area contributed by atoms with E-state index in [0.29, 0.717) is 0 Å². The van der Waals surface area contributed by atoms with Gasteiger partial charge in [-0.15, -0.1) is 0 Å². The van der Waals surface area contributed by atoms with Gasteiger partial charge in [0.2, 0.25) is 0 Å². The summed E-state index contributed by atoms with van der Waals surface area (Å²) in [4.78, 5) is 5.03. The number of benzene rings is 1. The molecular formula is C16H26BrN3. The predicted octanol–water partition coefficient (Wildman–Crippen LogP) is 3.25. The lowest BCUT2D eigenvalue weighted by Gasteiger charge is -2.37. The zero-order valence-electron chi connectivity index (χ0n) is 12.8. The third kappa shape index (κ3) is 3.96. The Morgan fingerprint density at radius 2 is 1.80 bits per heavy atom. The lowest BCUT2D eigenvalue weighted by Crippen LogP contribution is -2.47. The maximum absolute atomic E-state index is 5.93. The fourth-order valence-corrected chi connectivity index (χ4v) is 3.40. The zero-order chi connectivity index (χ0) is 14.7. The number of piperazine rings is 1. The number of hydrogen-bond acceptors (Lipinski definition) is 3. The van der Waals surface area contributed by atoms with Gasteiger partial charge in [0.05, 0.1) is 5.69 Å². The van der Waals surface area contributed by atoms with Crippen LogP contribution in [0.25, 0.3) is 0 Å². The predicted molar refractivity (Wildman–Crippen MR) is 90.2 cm³/mol. The van der Waals surface area contributed by atoms with E-state index in [1.807, 2.05) is 6.92 Å². The summed E-state index contributed by atoms with van der Waals surface area (Å²) in [7, 11) is 0. The minimum atomic E-state index is 0.0863. The van der Waals surface area contributed by atoms with Crippen LogP contribution in [0.4, 0.5) is 5.69 Å². The average Bonchev–Trinajstić information content (AvgIpc) is 2.39. The fourth-order valence-electron chi connectivity index (χ4n) is 2.75. The minimum Gasteiger partial charge on any atom is -0.368 e. The third-order valence-corrected chi connectivity index (χ3v) is 4.47. The third-order valence-electron chi connectivity index (χ3n) is 3.83. The Balaban J connectivity index is 2.00. The maximum atomic E-state index is 5.93. The van der Waals surface area contributed by atoms with Crippen LogP contribution in [-0.4, -0.2) is 37.6 Å². The molecule has 0 unspecified atom stereocenters. The van der Waals surface area contributed by atoms with Gasteiger partial charge in [-0.25, -0.2) is 0 Å². The van der Waals surface area contributed by atoms with Crippen LogP contribution >= 0.6 is 15.9 Å². The quantitative estimate of drug-likeness (QED) is 0.913. The molecule has 3 nitrogen and oxygen atoms in total. The lowest BCUT2D eigenvalue weighted by atomic mass is 10.1. The number of nitrogens with two attached hydrogens (primary N) is 1. The second-order valence-electron chi connectivity index (χ2n) is 6.18. The molecule has 0 saturated carbocycles. The van der Waals surface area contributed by atoms with Gasteiger partial charge in [0.15, 0.2) is 0 Å². The molecule has 1 heterocycles. The van der Waals surface area contributed by atoms with Crippen LogP contribution in [0.2, 0.25) is 0 Å². The molecule has 112 valence electrons. The molecule has 2 N–H and O–H groups in total. The van der Waals surface area contributed by atoms with Gasteiger partial charge in [-0.2, -0.15) is 0 Å². The summed E-state index contributed by atoms with van der Waals surface area (Å²) in [6.07, 6.45) is 0. The van der Waals surface area contributed by atoms with Crippen molar-refractivity contribution in [3.8, 4) is 0 Å². The van der Waals surface area contributed by atoms with Crippen molar-refractivity contribution in [3.05, 3.63) is 28.2 Å². The highest BCUT2D eigenvalue weighted by Crippen LogP contribution is 2.29. The van der Waals surface area contributed by atoms with Gasteiger partial charge in [0, 0.05) is 43.2 Å². The van der Waals surface area contributed by atoms with Crippen molar-refractivity contribution >= 4 is 21.6 Å². The molecule has 0 radical (unpaired) electrons. The number of rotatable bonds is 4. The standard InChI is InChI=1S/C16H26BrN3/c1-12(2)11-19-6-8-20(9-7-19)16-5-4-14(13(3)18)10-15(16)17/h4-5,10,12-13H,6-9,11,18H2,1-3H3/t13-/m0/s1. The van der Waals surface area contributed by atoms with Crippen molar-refractivity contribution in [3.63, 3.8) is 0 Å². The molecule has 1 fully saturated rings. The second-order valence-corrected chi connectivity index (χ2v) is 7.04. The van der Waals surface area contributed by atoms with Gasteiger partial charge < -0.3 is 10.6 Å². The molecule has 0 aliphatic carbocycles. The molecule has 0 bridgehead atoms. The molecule has 1 aliphatic rings. The summed E-state index contributed by atoms with van der Waals surface area (Å²) in [5, 5.41) is 0. The summed E-state index contributed by atoms with van der Waals surface area (Å²) in [5.41, 5.74) is 8.40. The van der Waals surface area contributed by atoms with Crippen LogP contribution in [0, 0.1) is 5.92 Å². The van der Waals surface area contributed by atoms with Crippen LogP contribution < -0.4 is 10.6 Å². The molecular weight excluding hydrogens is 314 g/mol. The van der Waals surface area contributed by atoms with Gasteiger partial charge in [-0.3, -0.25) is 4.90 Å². The Morgan fingerprint density at radius 1 is 1.15 bits per heavy atom. The van der Waals surface area contributed by atoms with Gasteiger partial charge in [0.25, 0.3) is 0 Å². The van der Waals surface area contributed by atoms with E-state index in [4.69, 9.17) is 5.73 Å². The average molecular weight is 340 g/mol. The molecule has 0 spiro atoms. The van der Waals surface area contributed by atoms with E-state index in [1.54, 1.807) is 0 Å². The van der Waals surface area contributed by atoms with Crippen LogP contribution in [0.15, 0.2) is 22.7 Å². The van der Waals surface area contributed by atoms with Crippen molar-refractivity contribution in [2.45, 2.75) is 26.8 Å². The van der Waals surface area contributed by atoms with E-state index in [1.165, 1.54) is 17.8 Å². The first-order valence-corrected chi connectivity index (χ1v) is 8.29. The lowest BCUT2D eigenvalue weighted by molar-refractivity contribution is 0.231. The van der Waals surface area contributed by atoms with Gasteiger partial charge in [-0.1, -0.05) is 19.9 Å². The molecule has 20 heavy (non-hydrogen) atoms. The Bertz CT molecular complexity index is 437. The van der Waals surface area contributed by atoms with E-state index in [-0.39, 0.29) is 6.04 Å². The van der Waals surface area contributed by atoms with Crippen molar-refractivity contribution in [2.24, 2.45) is 11.7 Å². The maximum Gasteiger partial charge on any atom is 0.0511 e. The zero-order valence-corrected chi connectivity index (χ0v) is 14.4. The molecule has 1 aromatic rings. The van der Waals surface area contributed by atoms with E-state index in [9.17, 15) is 0 Å². The highest BCUT2D eigenvalue weighted by Gasteiger charge is 2.19. The minimum absolute atomic E-state index is 0.0863. The first kappa shape index (κ1) is 15.8. The summed E-state index contributed by atoms with van der Waals surface area (Å²) in [5.74, 6) is 0.749. The van der Waals surface area contributed by atoms with E-state index >= 15 is 0 Å². The van der Waals surface area contributed by atoms with E-state index < -0.39 is 0 Å². The Kier molecular flexibility index (Phi) is 5.47. The van der Waals surface area contributed by atoms with Crippen LogP contribution in [0.1, 0.15) is 32.4 Å². The van der Waals surface area contributed by atoms with Crippen molar-refractivity contribution in [1.29, 1.82) is 0 Å². The normalized spacial score (nSPS) is 18.6. The SMILES string of the molecule is CC(C)CN1CCN(c2ccc([C@H](C)N)cc2Br)CC1. The molecule has 1 atom stereocenters. The summed E-state index contributed by atoms with van der Waals surface area (Å²) in [6.45, 7) is 12.3. The topological polar surface area (TPSA) is 32.5 Å². The smallest absolute Gasteiger partial charge is 0.0511 e. The molecule has 0 aromatic heterocycles. The summed E-state index contributed by atoms with van der Waals surface area (Å²) >= 11 is 3.70. The molecule has 1 aliphatic heterocycles. The van der Waals surface area contributed by atoms with Gasteiger partial charge in [-0.05, 0) is 46.5 Å². The van der Waals surface area contributed by atoms with E-state index in [2.05, 4.69) is 57.8 Å². The Hall–Kier alpha value is -0.580. The monoisotopic (exact) mass is 339 g/mol. The van der Waals surface area contributed by atoms with Crippen LogP contribution in [0.3, 0.4) is 0 Å². The Labute approximate surface area is 131 Å². The number of halogens is 1. The molecule has 1 saturated heterocycles. The number of nitrogens with zero attached hydrogens (tertiary/aromatic N) is 2. The summed E-state index contributed by atoms with van der Waals surface area (Å²) in [6, 6.07) is 6.58. The Morgan fingerprint density at radius 3 is 2.30 bits per heavy atom. The highest BCUT2D eigenvalue weighted by molar-refractivity contribution is 9.10. The second kappa shape index (κ2) is 6.92. The van der Waals surface area contributed by atoms with Crippen molar-refractivity contribution in [2.75, 3.05) is 37.6 Å². The van der Waals surface area contributed by atoms with Crippen molar-refractivity contribution in [1.82, 2.24) is 4.90 Å². The van der Waals surface area contributed by atoms with Gasteiger partial charge >= 0.3 is 0 Å². The van der Waals surface area contributed by atoms with Gasteiger partial charge in [0.1, 0.15) is 0 Å². The fraction of sp³-hybridized carbons (Fsp3) is 0.625. The largest absolute Gasteiger partial charge is 0.368 e. The van der Waals surface area contributed by atoms with Crippen LogP contribution in [0.5, 0.6) is 0 Å². The molecule has 4 heteroatoms. The molecule has 0 amide bonds. The van der Waals surface area contributed by atoms with Crippen molar-refractivity contribution < 1.29 is 0 Å². The first-order chi connectivity index (χ1) is 9.47. The molecule has 1 aromatic carbocycles. The molecule has 2 rings (SSSR count). The first-order valence-electron chi connectivity index (χ1n) is 7.49. The highest BCUT2D eigenvalue weighted by atomic mass is 79.9. The number of hydrogen-bond donors (Lipinski definition) is 1.